The topological polar surface area (TPSA) is 63.7 Å². The van der Waals surface area contributed by atoms with Crippen LogP contribution in [-0.4, -0.2) is 24.5 Å². The average Bonchev–Trinajstić information content (AvgIpc) is 2.56. The number of ether oxygens (including phenoxy) is 1. The van der Waals surface area contributed by atoms with Gasteiger partial charge < -0.3 is 15.4 Å². The quantitative estimate of drug-likeness (QED) is 0.936. The molecule has 0 spiro atoms. The van der Waals surface area contributed by atoms with Crippen molar-refractivity contribution in [3.05, 3.63) is 60.6 Å². The van der Waals surface area contributed by atoms with E-state index in [1.54, 1.807) is 19.5 Å². The van der Waals surface area contributed by atoms with Crippen molar-refractivity contribution in [1.29, 1.82) is 0 Å². The van der Waals surface area contributed by atoms with Crippen LogP contribution >= 0.6 is 0 Å². The zero-order valence-corrected chi connectivity index (χ0v) is 11.7. The van der Waals surface area contributed by atoms with Crippen molar-refractivity contribution in [2.45, 2.75) is 0 Å². The lowest BCUT2D eigenvalue weighted by atomic mass is 10.1. The second-order valence-corrected chi connectivity index (χ2v) is 4.66. The number of nitrogens with two attached hydrogens (primary N) is 1. The Labute approximate surface area is 123 Å². The first-order valence-corrected chi connectivity index (χ1v) is 6.62. The lowest BCUT2D eigenvalue weighted by Gasteiger charge is -2.29. The average molecular weight is 280 g/mol. The van der Waals surface area contributed by atoms with Gasteiger partial charge in [-0.3, -0.25) is 4.98 Å². The third-order valence-electron chi connectivity index (χ3n) is 3.30. The second kappa shape index (κ2) is 5.66. The molecule has 0 bridgehead atoms. The SMILES string of the molecule is COc1ccc(N2CC(N)=NC=C2c2cccnc2)cc1. The number of pyridine rings is 1. The minimum atomic E-state index is 0.549. The van der Waals surface area contributed by atoms with E-state index in [0.717, 1.165) is 22.7 Å². The van der Waals surface area contributed by atoms with Gasteiger partial charge in [0, 0.05) is 23.6 Å². The van der Waals surface area contributed by atoms with Gasteiger partial charge in [0.1, 0.15) is 11.6 Å². The second-order valence-electron chi connectivity index (χ2n) is 4.66. The molecule has 0 saturated carbocycles. The number of anilines is 1. The molecule has 0 radical (unpaired) electrons. The molecule has 0 saturated heterocycles. The van der Waals surface area contributed by atoms with E-state index in [4.69, 9.17) is 10.5 Å². The largest absolute Gasteiger partial charge is 0.497 e. The van der Waals surface area contributed by atoms with Gasteiger partial charge in [0.2, 0.25) is 0 Å². The van der Waals surface area contributed by atoms with Gasteiger partial charge in [-0.2, -0.15) is 0 Å². The minimum Gasteiger partial charge on any atom is -0.497 e. The van der Waals surface area contributed by atoms with Crippen molar-refractivity contribution in [1.82, 2.24) is 4.98 Å². The number of benzene rings is 1. The fourth-order valence-corrected chi connectivity index (χ4v) is 2.24. The van der Waals surface area contributed by atoms with Gasteiger partial charge in [0.05, 0.1) is 25.6 Å². The number of methoxy groups -OCH3 is 1. The van der Waals surface area contributed by atoms with E-state index in [1.165, 1.54) is 0 Å². The molecule has 0 atom stereocenters. The number of nitrogens with zero attached hydrogens (tertiary/aromatic N) is 3. The van der Waals surface area contributed by atoms with E-state index in [2.05, 4.69) is 14.9 Å². The van der Waals surface area contributed by atoms with Gasteiger partial charge in [-0.1, -0.05) is 0 Å². The smallest absolute Gasteiger partial charge is 0.119 e. The maximum absolute atomic E-state index is 5.88. The Kier molecular flexibility index (Phi) is 3.55. The number of aliphatic imine (C=N–C) groups is 1. The van der Waals surface area contributed by atoms with Crippen molar-refractivity contribution in [3.63, 3.8) is 0 Å². The molecular weight excluding hydrogens is 264 g/mol. The fourth-order valence-electron chi connectivity index (χ4n) is 2.24. The summed E-state index contributed by atoms with van der Waals surface area (Å²) in [6.45, 7) is 0.549. The third-order valence-corrected chi connectivity index (χ3v) is 3.30. The first-order chi connectivity index (χ1) is 10.3. The molecule has 3 rings (SSSR count). The van der Waals surface area contributed by atoms with Crippen LogP contribution in [0.2, 0.25) is 0 Å². The van der Waals surface area contributed by atoms with Gasteiger partial charge in [0.25, 0.3) is 0 Å². The molecule has 2 N–H and O–H groups in total. The molecule has 5 heteroatoms. The van der Waals surface area contributed by atoms with E-state index in [0.29, 0.717) is 12.4 Å². The lowest BCUT2D eigenvalue weighted by Crippen LogP contribution is -2.35. The molecular formula is C16H16N4O. The zero-order valence-electron chi connectivity index (χ0n) is 11.7. The summed E-state index contributed by atoms with van der Waals surface area (Å²) in [4.78, 5) is 10.5. The Morgan fingerprint density at radius 1 is 1.19 bits per heavy atom. The Balaban J connectivity index is 1.99. The van der Waals surface area contributed by atoms with Gasteiger partial charge in [-0.05, 0) is 36.4 Å². The van der Waals surface area contributed by atoms with Gasteiger partial charge in [-0.15, -0.1) is 0 Å². The predicted octanol–water partition coefficient (Wildman–Crippen LogP) is 2.27. The van der Waals surface area contributed by atoms with Crippen LogP contribution in [0.15, 0.2) is 60.0 Å². The normalized spacial score (nSPS) is 14.4. The molecule has 21 heavy (non-hydrogen) atoms. The van der Waals surface area contributed by atoms with Crippen LogP contribution in [0.1, 0.15) is 5.56 Å². The van der Waals surface area contributed by atoms with Crippen LogP contribution < -0.4 is 15.4 Å². The van der Waals surface area contributed by atoms with E-state index >= 15 is 0 Å². The van der Waals surface area contributed by atoms with Gasteiger partial charge in [-0.25, -0.2) is 4.99 Å². The molecule has 0 aliphatic carbocycles. The monoisotopic (exact) mass is 280 g/mol. The highest BCUT2D eigenvalue weighted by atomic mass is 16.5. The molecule has 2 aromatic rings. The van der Waals surface area contributed by atoms with Crippen LogP contribution in [0.4, 0.5) is 5.69 Å². The highest BCUT2D eigenvalue weighted by Gasteiger charge is 2.18. The van der Waals surface area contributed by atoms with Crippen LogP contribution in [0.3, 0.4) is 0 Å². The summed E-state index contributed by atoms with van der Waals surface area (Å²) in [7, 11) is 1.65. The maximum Gasteiger partial charge on any atom is 0.119 e. The van der Waals surface area contributed by atoms with E-state index in [9.17, 15) is 0 Å². The number of hydrogen-bond donors (Lipinski definition) is 1. The van der Waals surface area contributed by atoms with E-state index < -0.39 is 0 Å². The summed E-state index contributed by atoms with van der Waals surface area (Å²) in [5.74, 6) is 1.41. The summed E-state index contributed by atoms with van der Waals surface area (Å²) in [5.41, 5.74) is 8.89. The molecule has 0 fully saturated rings. The van der Waals surface area contributed by atoms with Gasteiger partial charge in [0.15, 0.2) is 0 Å². The molecule has 1 aliphatic heterocycles. The zero-order chi connectivity index (χ0) is 14.7. The van der Waals surface area contributed by atoms with Crippen molar-refractivity contribution in [2.24, 2.45) is 10.7 Å². The lowest BCUT2D eigenvalue weighted by molar-refractivity contribution is 0.415. The molecule has 5 nitrogen and oxygen atoms in total. The molecule has 2 heterocycles. The maximum atomic E-state index is 5.88. The molecule has 1 aromatic carbocycles. The van der Waals surface area contributed by atoms with Gasteiger partial charge >= 0.3 is 0 Å². The Morgan fingerprint density at radius 3 is 2.67 bits per heavy atom. The highest BCUT2D eigenvalue weighted by Crippen LogP contribution is 2.29. The molecule has 0 unspecified atom stereocenters. The molecule has 0 amide bonds. The first-order valence-electron chi connectivity index (χ1n) is 6.62. The minimum absolute atomic E-state index is 0.549. The van der Waals surface area contributed by atoms with E-state index in [1.807, 2.05) is 42.6 Å². The first kappa shape index (κ1) is 13.2. The summed E-state index contributed by atoms with van der Waals surface area (Å²) < 4.78 is 5.20. The summed E-state index contributed by atoms with van der Waals surface area (Å²) >= 11 is 0. The summed E-state index contributed by atoms with van der Waals surface area (Å²) in [5, 5.41) is 0. The predicted molar refractivity (Wildman–Crippen MR) is 84.2 cm³/mol. The number of rotatable bonds is 3. The van der Waals surface area contributed by atoms with Crippen LogP contribution in [0.25, 0.3) is 5.70 Å². The molecule has 1 aliphatic rings. The van der Waals surface area contributed by atoms with E-state index in [-0.39, 0.29) is 0 Å². The number of aromatic nitrogens is 1. The Hall–Kier alpha value is -2.82. The van der Waals surface area contributed by atoms with Crippen LogP contribution in [0, 0.1) is 0 Å². The fraction of sp³-hybridized carbons (Fsp3) is 0.125. The van der Waals surface area contributed by atoms with Crippen molar-refractivity contribution >= 4 is 17.2 Å². The van der Waals surface area contributed by atoms with Crippen molar-refractivity contribution < 1.29 is 4.74 Å². The summed E-state index contributed by atoms with van der Waals surface area (Å²) in [6.07, 6.45) is 5.35. The number of hydrogen-bond acceptors (Lipinski definition) is 5. The molecule has 106 valence electrons. The van der Waals surface area contributed by atoms with Crippen LogP contribution in [0.5, 0.6) is 5.75 Å². The third kappa shape index (κ3) is 2.72. The molecule has 1 aromatic heterocycles. The van der Waals surface area contributed by atoms with Crippen LogP contribution in [-0.2, 0) is 0 Å². The number of amidine groups is 1. The Bertz CT molecular complexity index is 677. The van der Waals surface area contributed by atoms with Crippen molar-refractivity contribution in [3.8, 4) is 5.75 Å². The summed E-state index contributed by atoms with van der Waals surface area (Å²) in [6, 6.07) is 11.8. The highest BCUT2D eigenvalue weighted by molar-refractivity contribution is 5.95. The standard InChI is InChI=1S/C16H16N4O/c1-21-14-6-4-13(5-7-14)20-11-16(17)19-10-15(20)12-3-2-8-18-9-12/h2-10H,11H2,1H3,(H2,17,19). The van der Waals surface area contributed by atoms with Crippen molar-refractivity contribution in [2.75, 3.05) is 18.6 Å². The Morgan fingerprint density at radius 2 is 2.00 bits per heavy atom.